The molecular weight excluding hydrogens is 362 g/mol. The maximum Gasteiger partial charge on any atom is 0.310 e. The van der Waals surface area contributed by atoms with E-state index in [1.807, 2.05) is 54.6 Å². The Kier molecular flexibility index (Phi) is 5.52. The van der Waals surface area contributed by atoms with Crippen LogP contribution in [0.25, 0.3) is 11.0 Å². The zero-order valence-corrected chi connectivity index (χ0v) is 16.2. The molecule has 1 aromatic heterocycles. The van der Waals surface area contributed by atoms with Gasteiger partial charge < -0.3 is 9.15 Å². The summed E-state index contributed by atoms with van der Waals surface area (Å²) in [6, 6.07) is 26.0. The van der Waals surface area contributed by atoms with Crippen LogP contribution >= 0.6 is 0 Å². The monoisotopic (exact) mass is 383 g/mol. The van der Waals surface area contributed by atoms with Gasteiger partial charge in [-0.1, -0.05) is 60.7 Å². The number of ether oxygens (including phenoxy) is 1. The van der Waals surface area contributed by atoms with Crippen molar-refractivity contribution in [3.8, 4) is 0 Å². The Morgan fingerprint density at radius 3 is 2.21 bits per heavy atom. The molecule has 0 amide bonds. The van der Waals surface area contributed by atoms with Gasteiger partial charge in [-0.2, -0.15) is 0 Å². The molecule has 3 aromatic carbocycles. The third-order valence-electron chi connectivity index (χ3n) is 4.61. The number of fused-ring (bicyclic) bond motifs is 1. The van der Waals surface area contributed by atoms with Gasteiger partial charge in [-0.3, -0.25) is 4.79 Å². The highest BCUT2D eigenvalue weighted by atomic mass is 16.5. The van der Waals surface area contributed by atoms with E-state index in [0.717, 1.165) is 33.5 Å². The summed E-state index contributed by atoms with van der Waals surface area (Å²) in [6.45, 7) is 2.17. The van der Waals surface area contributed by atoms with Crippen LogP contribution in [0.4, 0.5) is 5.69 Å². The molecule has 4 nitrogen and oxygen atoms in total. The van der Waals surface area contributed by atoms with Gasteiger partial charge in [-0.05, 0) is 19.1 Å². The Hall–Kier alpha value is -3.66. The molecule has 4 heteroatoms. The van der Waals surface area contributed by atoms with E-state index in [0.29, 0.717) is 12.2 Å². The molecule has 0 unspecified atom stereocenters. The van der Waals surface area contributed by atoms with Crippen LogP contribution in [-0.4, -0.2) is 18.3 Å². The van der Waals surface area contributed by atoms with Crippen molar-refractivity contribution in [1.82, 2.24) is 0 Å². The zero-order valence-electron chi connectivity index (χ0n) is 16.2. The Morgan fingerprint density at radius 1 is 0.931 bits per heavy atom. The molecule has 0 fully saturated rings. The fraction of sp³-hybridized carbons (Fsp3) is 0.120. The van der Waals surface area contributed by atoms with Crippen molar-refractivity contribution in [2.24, 2.45) is 4.99 Å². The molecule has 0 N–H and O–H groups in total. The van der Waals surface area contributed by atoms with Gasteiger partial charge in [-0.25, -0.2) is 4.99 Å². The van der Waals surface area contributed by atoms with Gasteiger partial charge in [0, 0.05) is 28.1 Å². The van der Waals surface area contributed by atoms with E-state index in [4.69, 9.17) is 14.1 Å². The summed E-state index contributed by atoms with van der Waals surface area (Å²) >= 11 is 0. The smallest absolute Gasteiger partial charge is 0.310 e. The number of esters is 1. The second kappa shape index (κ2) is 8.57. The van der Waals surface area contributed by atoms with Crippen LogP contribution in [-0.2, 0) is 16.0 Å². The molecule has 0 saturated heterocycles. The minimum atomic E-state index is -0.257. The van der Waals surface area contributed by atoms with E-state index in [1.54, 1.807) is 13.2 Å². The van der Waals surface area contributed by atoms with Crippen LogP contribution < -0.4 is 0 Å². The van der Waals surface area contributed by atoms with Crippen LogP contribution in [0.3, 0.4) is 0 Å². The summed E-state index contributed by atoms with van der Waals surface area (Å²) in [7, 11) is 0. The maximum absolute atomic E-state index is 11.8. The highest BCUT2D eigenvalue weighted by Crippen LogP contribution is 2.27. The Balaban J connectivity index is 1.72. The number of rotatable bonds is 6. The van der Waals surface area contributed by atoms with Crippen molar-refractivity contribution >= 4 is 28.3 Å². The molecular formula is C25H21NO3. The van der Waals surface area contributed by atoms with Crippen molar-refractivity contribution < 1.29 is 13.9 Å². The van der Waals surface area contributed by atoms with Crippen LogP contribution in [0.1, 0.15) is 23.6 Å². The number of nitrogens with zero attached hydrogens (tertiary/aromatic N) is 1. The molecule has 0 saturated carbocycles. The molecule has 0 aliphatic heterocycles. The number of hydrogen-bond donors (Lipinski definition) is 0. The van der Waals surface area contributed by atoms with Gasteiger partial charge in [0.25, 0.3) is 0 Å². The number of carbonyl (C=O) groups excluding carboxylic acids is 1. The van der Waals surface area contributed by atoms with Gasteiger partial charge in [0.1, 0.15) is 5.58 Å². The lowest BCUT2D eigenvalue weighted by molar-refractivity contribution is -0.142. The first kappa shape index (κ1) is 18.7. The van der Waals surface area contributed by atoms with Gasteiger partial charge in [0.2, 0.25) is 0 Å². The summed E-state index contributed by atoms with van der Waals surface area (Å²) in [5.74, 6) is -0.257. The van der Waals surface area contributed by atoms with E-state index < -0.39 is 0 Å². The highest BCUT2D eigenvalue weighted by molar-refractivity contribution is 6.14. The lowest BCUT2D eigenvalue weighted by Gasteiger charge is -2.08. The van der Waals surface area contributed by atoms with Crippen molar-refractivity contribution in [1.29, 1.82) is 0 Å². The molecule has 29 heavy (non-hydrogen) atoms. The second-order valence-corrected chi connectivity index (χ2v) is 6.62. The lowest BCUT2D eigenvalue weighted by Crippen LogP contribution is -2.06. The Bertz CT molecular complexity index is 1100. The molecule has 0 spiro atoms. The minimum absolute atomic E-state index is 0.197. The molecule has 0 aliphatic carbocycles. The maximum atomic E-state index is 11.8. The molecule has 4 rings (SSSR count). The summed E-state index contributed by atoms with van der Waals surface area (Å²) < 4.78 is 10.7. The average molecular weight is 383 g/mol. The van der Waals surface area contributed by atoms with E-state index in [2.05, 4.69) is 24.3 Å². The van der Waals surface area contributed by atoms with Crippen LogP contribution in [0, 0.1) is 0 Å². The topological polar surface area (TPSA) is 51.8 Å². The standard InChI is InChI=1S/C25H21NO3/c1-2-28-24(27)15-20-17-29-23-16-21(13-14-22(20)23)26-25(18-9-5-3-6-10-18)19-11-7-4-8-12-19/h3-14,16-17H,2,15H2,1H3. The van der Waals surface area contributed by atoms with Crippen molar-refractivity contribution in [2.45, 2.75) is 13.3 Å². The molecule has 0 aliphatic rings. The van der Waals surface area contributed by atoms with Crippen LogP contribution in [0.2, 0.25) is 0 Å². The lowest BCUT2D eigenvalue weighted by atomic mass is 10.0. The number of aliphatic imine (C=N–C) groups is 1. The molecule has 0 atom stereocenters. The quantitative estimate of drug-likeness (QED) is 0.317. The van der Waals surface area contributed by atoms with E-state index in [9.17, 15) is 4.79 Å². The van der Waals surface area contributed by atoms with Crippen LogP contribution in [0.15, 0.2) is 94.5 Å². The van der Waals surface area contributed by atoms with Crippen molar-refractivity contribution in [2.75, 3.05) is 6.61 Å². The second-order valence-electron chi connectivity index (χ2n) is 6.62. The fourth-order valence-corrected chi connectivity index (χ4v) is 3.26. The molecule has 0 bridgehead atoms. The van der Waals surface area contributed by atoms with Crippen LogP contribution in [0.5, 0.6) is 0 Å². The first-order valence-electron chi connectivity index (χ1n) is 9.60. The Labute approximate surface area is 169 Å². The van der Waals surface area contributed by atoms with Gasteiger partial charge in [0.15, 0.2) is 0 Å². The third-order valence-corrected chi connectivity index (χ3v) is 4.61. The minimum Gasteiger partial charge on any atom is -0.466 e. The SMILES string of the molecule is CCOC(=O)Cc1coc2cc(N=C(c3ccccc3)c3ccccc3)ccc12. The van der Waals surface area contributed by atoms with E-state index >= 15 is 0 Å². The normalized spacial score (nSPS) is 10.7. The molecule has 0 radical (unpaired) electrons. The van der Waals surface area contributed by atoms with Gasteiger partial charge >= 0.3 is 5.97 Å². The summed E-state index contributed by atoms with van der Waals surface area (Å²) in [4.78, 5) is 16.7. The first-order valence-corrected chi connectivity index (χ1v) is 9.60. The highest BCUT2D eigenvalue weighted by Gasteiger charge is 2.12. The third kappa shape index (κ3) is 4.27. The number of furan rings is 1. The predicted molar refractivity (Wildman–Crippen MR) is 115 cm³/mol. The van der Waals surface area contributed by atoms with Gasteiger partial charge in [0.05, 0.1) is 30.7 Å². The number of hydrogen-bond acceptors (Lipinski definition) is 4. The molecule has 1 heterocycles. The van der Waals surface area contributed by atoms with Crippen molar-refractivity contribution in [3.05, 3.63) is 102 Å². The Morgan fingerprint density at radius 2 is 1.59 bits per heavy atom. The summed E-state index contributed by atoms with van der Waals surface area (Å²) in [5, 5.41) is 0.901. The van der Waals surface area contributed by atoms with Gasteiger partial charge in [-0.15, -0.1) is 0 Å². The number of carbonyl (C=O) groups is 1. The summed E-state index contributed by atoms with van der Waals surface area (Å²) in [5.41, 5.74) is 5.29. The number of benzene rings is 3. The largest absolute Gasteiger partial charge is 0.466 e. The molecule has 144 valence electrons. The average Bonchev–Trinajstić information content (AvgIpc) is 3.15. The van der Waals surface area contributed by atoms with E-state index in [-0.39, 0.29) is 12.4 Å². The fourth-order valence-electron chi connectivity index (χ4n) is 3.26. The van der Waals surface area contributed by atoms with E-state index in [1.165, 1.54) is 0 Å². The predicted octanol–water partition coefficient (Wildman–Crippen LogP) is 5.71. The van der Waals surface area contributed by atoms with Crippen molar-refractivity contribution in [3.63, 3.8) is 0 Å². The zero-order chi connectivity index (χ0) is 20.1. The summed E-state index contributed by atoms with van der Waals surface area (Å²) in [6.07, 6.45) is 1.81. The molecule has 4 aromatic rings. The first-order chi connectivity index (χ1) is 14.2.